The number of carbonyl (C=O) groups is 2. The summed E-state index contributed by atoms with van der Waals surface area (Å²) in [7, 11) is 0. The predicted molar refractivity (Wildman–Crippen MR) is 166 cm³/mol. The van der Waals surface area contributed by atoms with Crippen molar-refractivity contribution in [1.29, 1.82) is 0 Å². The molecule has 2 heterocycles. The minimum atomic E-state index is -0.111. The molecule has 1 saturated heterocycles. The fourth-order valence-corrected chi connectivity index (χ4v) is 5.94. The van der Waals surface area contributed by atoms with Crippen molar-refractivity contribution < 1.29 is 19.1 Å². The largest absolute Gasteiger partial charge is 0.454 e. The molecule has 6 rings (SSSR count). The second-order valence-electron chi connectivity index (χ2n) is 11.0. The number of fused-ring (bicyclic) bond motifs is 1. The summed E-state index contributed by atoms with van der Waals surface area (Å²) in [4.78, 5) is 33.3. The lowest BCUT2D eigenvalue weighted by Crippen LogP contribution is -2.50. The van der Waals surface area contributed by atoms with Gasteiger partial charge in [0.05, 0.1) is 6.04 Å². The first-order valence-corrected chi connectivity index (χ1v) is 15.0. The lowest BCUT2D eigenvalue weighted by molar-refractivity contribution is -0.133. The average molecular weight is 576 g/mol. The first kappa shape index (κ1) is 28.5. The second-order valence-corrected chi connectivity index (χ2v) is 11.0. The summed E-state index contributed by atoms with van der Waals surface area (Å²) >= 11 is 0. The molecule has 7 nitrogen and oxygen atoms in total. The van der Waals surface area contributed by atoms with Gasteiger partial charge in [0.15, 0.2) is 11.5 Å². The number of hydrogen-bond donors (Lipinski definition) is 0. The van der Waals surface area contributed by atoms with Gasteiger partial charge >= 0.3 is 0 Å². The number of nitrogens with zero attached hydrogens (tertiary/aromatic N) is 3. The summed E-state index contributed by atoms with van der Waals surface area (Å²) < 4.78 is 10.9. The van der Waals surface area contributed by atoms with E-state index in [9.17, 15) is 9.59 Å². The Morgan fingerprint density at radius 2 is 1.30 bits per heavy atom. The molecule has 1 fully saturated rings. The number of benzene rings is 4. The van der Waals surface area contributed by atoms with E-state index in [0.29, 0.717) is 49.7 Å². The van der Waals surface area contributed by atoms with E-state index in [1.807, 2.05) is 35.2 Å². The van der Waals surface area contributed by atoms with Crippen molar-refractivity contribution in [3.63, 3.8) is 0 Å². The van der Waals surface area contributed by atoms with Gasteiger partial charge in [0.1, 0.15) is 0 Å². The quantitative estimate of drug-likeness (QED) is 0.253. The van der Waals surface area contributed by atoms with Crippen LogP contribution in [0, 0.1) is 0 Å². The third-order valence-electron chi connectivity index (χ3n) is 8.28. The number of rotatable bonds is 10. The van der Waals surface area contributed by atoms with Crippen LogP contribution in [0.2, 0.25) is 0 Å². The van der Waals surface area contributed by atoms with Gasteiger partial charge in [-0.3, -0.25) is 14.5 Å². The van der Waals surface area contributed by atoms with Crippen LogP contribution in [0.5, 0.6) is 11.5 Å². The van der Waals surface area contributed by atoms with Crippen molar-refractivity contribution in [3.05, 3.63) is 131 Å². The molecule has 43 heavy (non-hydrogen) atoms. The Balaban J connectivity index is 1.10. The number of carbonyl (C=O) groups excluding carboxylic acids is 2. The highest BCUT2D eigenvalue weighted by Gasteiger charge is 2.29. The minimum absolute atomic E-state index is 0.0822. The fourth-order valence-electron chi connectivity index (χ4n) is 5.94. The van der Waals surface area contributed by atoms with E-state index in [2.05, 4.69) is 65.6 Å². The first-order chi connectivity index (χ1) is 21.2. The monoisotopic (exact) mass is 575 g/mol. The predicted octanol–water partition coefficient (Wildman–Crippen LogP) is 5.42. The smallest absolute Gasteiger partial charge is 0.254 e. The first-order valence-electron chi connectivity index (χ1n) is 15.0. The van der Waals surface area contributed by atoms with Gasteiger partial charge in [-0.05, 0) is 41.3 Å². The number of ether oxygens (including phenoxy) is 2. The molecule has 0 radical (unpaired) electrons. The molecule has 4 aromatic rings. The Labute approximate surface area is 253 Å². The highest BCUT2D eigenvalue weighted by atomic mass is 16.7. The minimum Gasteiger partial charge on any atom is -0.454 e. The van der Waals surface area contributed by atoms with Gasteiger partial charge < -0.3 is 19.3 Å². The Morgan fingerprint density at radius 1 is 0.698 bits per heavy atom. The van der Waals surface area contributed by atoms with E-state index in [-0.39, 0.29) is 31.1 Å². The molecule has 7 heteroatoms. The molecule has 4 aromatic carbocycles. The molecule has 0 unspecified atom stereocenters. The van der Waals surface area contributed by atoms with Crippen LogP contribution in [-0.2, 0) is 11.2 Å². The van der Waals surface area contributed by atoms with Crippen LogP contribution >= 0.6 is 0 Å². The third kappa shape index (κ3) is 6.89. The van der Waals surface area contributed by atoms with E-state index < -0.39 is 0 Å². The van der Waals surface area contributed by atoms with Crippen LogP contribution in [0.1, 0.15) is 39.5 Å². The van der Waals surface area contributed by atoms with Crippen molar-refractivity contribution in [3.8, 4) is 11.5 Å². The fraction of sp³-hybridized carbons (Fsp3) is 0.278. The van der Waals surface area contributed by atoms with E-state index in [1.165, 1.54) is 11.1 Å². The van der Waals surface area contributed by atoms with Crippen molar-refractivity contribution >= 4 is 11.8 Å². The maximum Gasteiger partial charge on any atom is 0.254 e. The Bertz CT molecular complexity index is 1470. The molecule has 0 aliphatic carbocycles. The van der Waals surface area contributed by atoms with Crippen molar-refractivity contribution in [2.45, 2.75) is 18.9 Å². The zero-order chi connectivity index (χ0) is 29.4. The van der Waals surface area contributed by atoms with E-state index in [1.54, 1.807) is 23.1 Å². The van der Waals surface area contributed by atoms with Gasteiger partial charge in [-0.2, -0.15) is 0 Å². The van der Waals surface area contributed by atoms with Crippen LogP contribution in [-0.4, -0.2) is 72.6 Å². The van der Waals surface area contributed by atoms with Gasteiger partial charge in [0.25, 0.3) is 5.91 Å². The lowest BCUT2D eigenvalue weighted by Gasteiger charge is -2.40. The molecular weight excluding hydrogens is 538 g/mol. The zero-order valence-electron chi connectivity index (χ0n) is 24.3. The van der Waals surface area contributed by atoms with Gasteiger partial charge in [-0.25, -0.2) is 0 Å². The van der Waals surface area contributed by atoms with Crippen LogP contribution < -0.4 is 9.47 Å². The normalized spacial score (nSPS) is 14.6. The molecule has 2 amide bonds. The molecular formula is C36H37N3O4. The summed E-state index contributed by atoms with van der Waals surface area (Å²) in [5.41, 5.74) is 4.19. The summed E-state index contributed by atoms with van der Waals surface area (Å²) in [6.07, 6.45) is 0.996. The van der Waals surface area contributed by atoms with Gasteiger partial charge in [0, 0.05) is 51.3 Å². The maximum atomic E-state index is 13.6. The Kier molecular flexibility index (Phi) is 8.99. The molecule has 0 atom stereocenters. The van der Waals surface area contributed by atoms with Crippen molar-refractivity contribution in [1.82, 2.24) is 14.7 Å². The van der Waals surface area contributed by atoms with Crippen molar-refractivity contribution in [2.75, 3.05) is 46.1 Å². The molecule has 2 aliphatic heterocycles. The molecule has 2 aliphatic rings. The lowest BCUT2D eigenvalue weighted by atomic mass is 9.96. The average Bonchev–Trinajstić information content (AvgIpc) is 3.55. The number of amides is 2. The van der Waals surface area contributed by atoms with E-state index in [0.717, 1.165) is 18.7 Å². The molecule has 0 aromatic heterocycles. The van der Waals surface area contributed by atoms with E-state index in [4.69, 9.17) is 9.47 Å². The SMILES string of the molecule is O=C(CCN(CCc1ccccc1)C(=O)c1ccc2c(c1)OCO2)N1CCN(C(c2ccccc2)c2ccccc2)CC1. The highest BCUT2D eigenvalue weighted by Crippen LogP contribution is 2.33. The van der Waals surface area contributed by atoms with Crippen LogP contribution in [0.4, 0.5) is 0 Å². The highest BCUT2D eigenvalue weighted by molar-refractivity contribution is 5.95. The molecule has 220 valence electrons. The summed E-state index contributed by atoms with van der Waals surface area (Å²) in [5, 5.41) is 0. The third-order valence-corrected chi connectivity index (χ3v) is 8.28. The standard InChI is InChI=1S/C36H37N3O4/c40-34(37-22-24-38(25-23-37)35(29-12-6-2-7-13-29)30-14-8-3-9-15-30)19-21-39(20-18-28-10-4-1-5-11-28)36(41)31-16-17-32-33(26-31)43-27-42-32/h1-17,26,35H,18-25,27H2. The van der Waals surface area contributed by atoms with Crippen LogP contribution in [0.25, 0.3) is 0 Å². The van der Waals surface area contributed by atoms with Gasteiger partial charge in [-0.1, -0.05) is 91.0 Å². The van der Waals surface area contributed by atoms with Gasteiger partial charge in [-0.15, -0.1) is 0 Å². The van der Waals surface area contributed by atoms with E-state index >= 15 is 0 Å². The molecule has 0 spiro atoms. The topological polar surface area (TPSA) is 62.3 Å². The molecule has 0 N–H and O–H groups in total. The Hall–Kier alpha value is -4.62. The van der Waals surface area contributed by atoms with Crippen molar-refractivity contribution in [2.24, 2.45) is 0 Å². The van der Waals surface area contributed by atoms with Crippen LogP contribution in [0.15, 0.2) is 109 Å². The number of hydrogen-bond acceptors (Lipinski definition) is 5. The summed E-state index contributed by atoms with van der Waals surface area (Å²) in [6.45, 7) is 3.93. The molecule has 0 saturated carbocycles. The summed E-state index contributed by atoms with van der Waals surface area (Å²) in [6, 6.07) is 36.7. The zero-order valence-corrected chi connectivity index (χ0v) is 24.3. The second kappa shape index (κ2) is 13.6. The molecule has 0 bridgehead atoms. The maximum absolute atomic E-state index is 13.6. The van der Waals surface area contributed by atoms with Crippen LogP contribution in [0.3, 0.4) is 0 Å². The Morgan fingerprint density at radius 3 is 1.95 bits per heavy atom. The number of piperazine rings is 1. The van der Waals surface area contributed by atoms with Gasteiger partial charge in [0.2, 0.25) is 12.7 Å². The summed E-state index contributed by atoms with van der Waals surface area (Å²) in [5.74, 6) is 1.19.